The predicted molar refractivity (Wildman–Crippen MR) is 142 cm³/mol. The number of dihydropyridines is 1. The molecule has 2 aliphatic rings. The number of halogens is 2. The number of ether oxygens (including phenoxy) is 3. The molecule has 5 rings (SSSR count). The van der Waals surface area contributed by atoms with Crippen molar-refractivity contribution in [1.29, 1.82) is 0 Å². The highest BCUT2D eigenvalue weighted by molar-refractivity contribution is 6.32. The van der Waals surface area contributed by atoms with Crippen molar-refractivity contribution < 1.29 is 28.2 Å². The summed E-state index contributed by atoms with van der Waals surface area (Å²) in [4.78, 5) is 26.6. The number of ketones is 1. The molecule has 1 atom stereocenters. The maximum atomic E-state index is 14.2. The first-order valence-electron chi connectivity index (χ1n) is 12.1. The number of Topliss-reactive ketones (excluding diaryl/α,β-unsaturated/α-hetero) is 1. The maximum absolute atomic E-state index is 14.2. The Morgan fingerprint density at radius 2 is 1.76 bits per heavy atom. The van der Waals surface area contributed by atoms with Crippen LogP contribution in [0, 0.1) is 5.82 Å². The van der Waals surface area contributed by atoms with Crippen LogP contribution in [0.5, 0.6) is 11.5 Å². The Morgan fingerprint density at radius 1 is 1.05 bits per heavy atom. The van der Waals surface area contributed by atoms with E-state index in [4.69, 9.17) is 25.8 Å². The Kier molecular flexibility index (Phi) is 6.95. The molecule has 194 valence electrons. The van der Waals surface area contributed by atoms with E-state index in [-0.39, 0.29) is 23.2 Å². The molecule has 1 N–H and O–H groups in total. The Bertz CT molecular complexity index is 1530. The highest BCUT2D eigenvalue weighted by Crippen LogP contribution is 2.49. The van der Waals surface area contributed by atoms with Crippen molar-refractivity contribution in [3.63, 3.8) is 0 Å². The minimum atomic E-state index is -0.768. The first-order chi connectivity index (χ1) is 18.3. The minimum Gasteiger partial charge on any atom is -0.490 e. The summed E-state index contributed by atoms with van der Waals surface area (Å²) in [6, 6.07) is 17.0. The van der Waals surface area contributed by atoms with E-state index in [2.05, 4.69) is 5.32 Å². The molecule has 8 heteroatoms. The largest absolute Gasteiger partial charge is 0.490 e. The number of nitrogens with one attached hydrogen (secondary N) is 1. The molecule has 0 saturated carbocycles. The molecule has 6 nitrogen and oxygen atoms in total. The van der Waals surface area contributed by atoms with Gasteiger partial charge in [0.1, 0.15) is 12.4 Å². The van der Waals surface area contributed by atoms with Gasteiger partial charge in [-0.15, -0.1) is 0 Å². The van der Waals surface area contributed by atoms with Gasteiger partial charge in [-0.1, -0.05) is 54.1 Å². The molecule has 38 heavy (non-hydrogen) atoms. The summed E-state index contributed by atoms with van der Waals surface area (Å²) in [7, 11) is 1.30. The van der Waals surface area contributed by atoms with Crippen molar-refractivity contribution in [3.05, 3.63) is 111 Å². The number of fused-ring (bicyclic) bond motifs is 2. The van der Waals surface area contributed by atoms with Crippen LogP contribution in [0.15, 0.2) is 77.5 Å². The van der Waals surface area contributed by atoms with E-state index in [1.54, 1.807) is 49.4 Å². The third-order valence-corrected chi connectivity index (χ3v) is 6.93. The van der Waals surface area contributed by atoms with E-state index < -0.39 is 17.7 Å². The topological polar surface area (TPSA) is 73.9 Å². The Hall–Kier alpha value is -4.10. The molecule has 3 aromatic rings. The van der Waals surface area contributed by atoms with E-state index in [1.165, 1.54) is 13.2 Å². The van der Waals surface area contributed by atoms with Crippen LogP contribution in [0.4, 0.5) is 4.39 Å². The zero-order chi connectivity index (χ0) is 27.0. The molecule has 1 unspecified atom stereocenters. The molecule has 0 amide bonds. The lowest BCUT2D eigenvalue weighted by atomic mass is 9.79. The number of esters is 1. The fourth-order valence-electron chi connectivity index (χ4n) is 4.97. The monoisotopic (exact) mass is 533 g/mol. The molecule has 0 radical (unpaired) electrons. The quantitative estimate of drug-likeness (QED) is 0.365. The Morgan fingerprint density at radius 3 is 2.47 bits per heavy atom. The van der Waals surface area contributed by atoms with Crippen LogP contribution >= 0.6 is 11.6 Å². The average molecular weight is 534 g/mol. The second-order valence-corrected chi connectivity index (χ2v) is 9.30. The van der Waals surface area contributed by atoms with Gasteiger partial charge in [0.15, 0.2) is 17.3 Å². The number of carbonyl (C=O) groups is 2. The average Bonchev–Trinajstić information content (AvgIpc) is 3.19. The highest BCUT2D eigenvalue weighted by atomic mass is 35.5. The fourth-order valence-corrected chi connectivity index (χ4v) is 5.24. The van der Waals surface area contributed by atoms with Crippen LogP contribution < -0.4 is 14.8 Å². The van der Waals surface area contributed by atoms with Crippen molar-refractivity contribution >= 4 is 29.1 Å². The predicted octanol–water partition coefficient (Wildman–Crippen LogP) is 6.20. The molecule has 0 aromatic heterocycles. The first kappa shape index (κ1) is 25.5. The smallest absolute Gasteiger partial charge is 0.336 e. The van der Waals surface area contributed by atoms with Crippen LogP contribution in [0.1, 0.15) is 46.8 Å². The molecular weight excluding hydrogens is 509 g/mol. The van der Waals surface area contributed by atoms with Crippen LogP contribution in [0.25, 0.3) is 5.70 Å². The van der Waals surface area contributed by atoms with E-state index in [0.29, 0.717) is 51.6 Å². The van der Waals surface area contributed by atoms with Gasteiger partial charge in [-0.2, -0.15) is 0 Å². The molecule has 0 spiro atoms. The molecule has 1 aliphatic carbocycles. The van der Waals surface area contributed by atoms with Crippen LogP contribution in [-0.4, -0.2) is 25.5 Å². The summed E-state index contributed by atoms with van der Waals surface area (Å²) >= 11 is 6.71. The molecule has 1 heterocycles. The number of methoxy groups -OCH3 is 1. The first-order valence-corrected chi connectivity index (χ1v) is 12.5. The van der Waals surface area contributed by atoms with Gasteiger partial charge >= 0.3 is 5.97 Å². The van der Waals surface area contributed by atoms with E-state index in [9.17, 15) is 14.0 Å². The maximum Gasteiger partial charge on any atom is 0.336 e. The van der Waals surface area contributed by atoms with Crippen molar-refractivity contribution in [1.82, 2.24) is 5.32 Å². The van der Waals surface area contributed by atoms with Gasteiger partial charge in [0, 0.05) is 33.9 Å². The summed E-state index contributed by atoms with van der Waals surface area (Å²) in [6.07, 6.45) is 0. The standard InChI is InChI=1S/C30H25ClFNO5/c1-4-37-23-14-18(13-21(31)29(23)38-15-17-9-5-8-12-22(17)32)25-24(30(35)36-3)16(2)33-27-19-10-6-7-11-20(19)28(34)26(25)27/h5-14,25,33H,4,15H2,1-3H3. The third kappa shape index (κ3) is 4.33. The molecule has 1 aliphatic heterocycles. The highest BCUT2D eigenvalue weighted by Gasteiger charge is 2.43. The van der Waals surface area contributed by atoms with Gasteiger partial charge in [-0.05, 0) is 37.6 Å². The van der Waals surface area contributed by atoms with Gasteiger partial charge in [0.05, 0.1) is 30.0 Å². The van der Waals surface area contributed by atoms with E-state index >= 15 is 0 Å². The van der Waals surface area contributed by atoms with Crippen molar-refractivity contribution in [2.75, 3.05) is 13.7 Å². The SMILES string of the molecule is CCOc1cc(C2C(C(=O)OC)=C(C)NC3=C2C(=O)c2ccccc23)cc(Cl)c1OCc1ccccc1F. The van der Waals surface area contributed by atoms with E-state index in [1.807, 2.05) is 19.1 Å². The fraction of sp³-hybridized carbons (Fsp3) is 0.200. The molecule has 0 bridgehead atoms. The summed E-state index contributed by atoms with van der Waals surface area (Å²) in [5.74, 6) is -1.35. The molecular formula is C30H25ClFNO5. The second-order valence-electron chi connectivity index (χ2n) is 8.89. The van der Waals surface area contributed by atoms with Crippen LogP contribution in [0.2, 0.25) is 5.02 Å². The van der Waals surface area contributed by atoms with Gasteiger partial charge in [-0.25, -0.2) is 9.18 Å². The Labute approximate surface area is 224 Å². The number of allylic oxidation sites excluding steroid dienone is 2. The summed E-state index contributed by atoms with van der Waals surface area (Å²) in [6.45, 7) is 3.83. The second kappa shape index (κ2) is 10.3. The zero-order valence-corrected chi connectivity index (χ0v) is 21.8. The Balaban J connectivity index is 1.63. The van der Waals surface area contributed by atoms with Gasteiger partial charge < -0.3 is 19.5 Å². The lowest BCUT2D eigenvalue weighted by Crippen LogP contribution is -2.29. The van der Waals surface area contributed by atoms with Crippen molar-refractivity contribution in [2.24, 2.45) is 0 Å². The van der Waals surface area contributed by atoms with Gasteiger partial charge in [-0.3, -0.25) is 4.79 Å². The zero-order valence-electron chi connectivity index (χ0n) is 21.1. The lowest BCUT2D eigenvalue weighted by molar-refractivity contribution is -0.136. The number of carbonyl (C=O) groups excluding carboxylic acids is 2. The number of hydrogen-bond acceptors (Lipinski definition) is 6. The number of rotatable bonds is 7. The summed E-state index contributed by atoms with van der Waals surface area (Å²) in [5, 5.41) is 3.45. The molecule has 3 aromatic carbocycles. The third-order valence-electron chi connectivity index (χ3n) is 6.65. The number of hydrogen-bond donors (Lipinski definition) is 1. The van der Waals surface area contributed by atoms with E-state index in [0.717, 1.165) is 5.56 Å². The minimum absolute atomic E-state index is 0.0608. The van der Waals surface area contributed by atoms with Crippen molar-refractivity contribution in [2.45, 2.75) is 26.4 Å². The summed E-state index contributed by atoms with van der Waals surface area (Å²) < 4.78 is 31.1. The summed E-state index contributed by atoms with van der Waals surface area (Å²) in [5.41, 5.74) is 4.18. The molecule has 0 fully saturated rings. The molecule has 0 saturated heterocycles. The van der Waals surface area contributed by atoms with Gasteiger partial charge in [0.25, 0.3) is 0 Å². The number of benzene rings is 3. The van der Waals surface area contributed by atoms with Crippen LogP contribution in [-0.2, 0) is 16.1 Å². The lowest BCUT2D eigenvalue weighted by Gasteiger charge is -2.29. The van der Waals surface area contributed by atoms with Crippen molar-refractivity contribution in [3.8, 4) is 11.5 Å². The van der Waals surface area contributed by atoms with Crippen LogP contribution in [0.3, 0.4) is 0 Å². The normalized spacial score (nSPS) is 16.1. The van der Waals surface area contributed by atoms with Gasteiger partial charge in [0.2, 0.25) is 0 Å².